The number of anilines is 1. The Kier molecular flexibility index (Phi) is 3.83. The Bertz CT molecular complexity index is 692. The van der Waals surface area contributed by atoms with Gasteiger partial charge in [0.15, 0.2) is 5.82 Å². The standard InChI is InChI=1S/C12H12F3N5O/c1-2-3-7-8(11(21)17-5-12(13,14)15)4-20-9(7)10(16)18-6-19-20/h2,4,6H,1,3,5H2,(H,17,21)(H2,16,18,19). The Morgan fingerprint density at radius 2 is 2.24 bits per heavy atom. The minimum Gasteiger partial charge on any atom is -0.382 e. The van der Waals surface area contributed by atoms with Gasteiger partial charge in [0.1, 0.15) is 18.4 Å². The first-order valence-electron chi connectivity index (χ1n) is 5.90. The van der Waals surface area contributed by atoms with Crippen LogP contribution in [0.15, 0.2) is 25.2 Å². The molecule has 0 bridgehead atoms. The topological polar surface area (TPSA) is 85.3 Å². The Hall–Kier alpha value is -2.58. The van der Waals surface area contributed by atoms with Crippen molar-refractivity contribution in [3.8, 4) is 0 Å². The molecule has 0 aliphatic carbocycles. The van der Waals surface area contributed by atoms with Crippen molar-refractivity contribution in [2.45, 2.75) is 12.6 Å². The van der Waals surface area contributed by atoms with Gasteiger partial charge in [-0.05, 0) is 12.0 Å². The molecule has 0 spiro atoms. The summed E-state index contributed by atoms with van der Waals surface area (Å²) in [5.74, 6) is -0.717. The second kappa shape index (κ2) is 5.43. The molecule has 0 aliphatic rings. The molecule has 0 saturated carbocycles. The third-order valence-corrected chi connectivity index (χ3v) is 2.75. The Labute approximate surface area is 117 Å². The van der Waals surface area contributed by atoms with Crippen LogP contribution in [0, 0.1) is 0 Å². The lowest BCUT2D eigenvalue weighted by Crippen LogP contribution is -2.33. The average molecular weight is 299 g/mol. The van der Waals surface area contributed by atoms with Crippen molar-refractivity contribution in [2.24, 2.45) is 0 Å². The molecule has 0 aromatic carbocycles. The van der Waals surface area contributed by atoms with Crippen molar-refractivity contribution >= 4 is 17.2 Å². The smallest absolute Gasteiger partial charge is 0.382 e. The molecule has 21 heavy (non-hydrogen) atoms. The molecule has 0 aliphatic heterocycles. The van der Waals surface area contributed by atoms with Gasteiger partial charge in [-0.3, -0.25) is 4.79 Å². The number of halogens is 3. The first-order chi connectivity index (χ1) is 9.83. The number of aromatic nitrogens is 3. The van der Waals surface area contributed by atoms with E-state index in [4.69, 9.17) is 5.73 Å². The Morgan fingerprint density at radius 1 is 1.52 bits per heavy atom. The van der Waals surface area contributed by atoms with Crippen molar-refractivity contribution < 1.29 is 18.0 Å². The van der Waals surface area contributed by atoms with Gasteiger partial charge in [-0.25, -0.2) is 9.50 Å². The van der Waals surface area contributed by atoms with E-state index in [1.807, 2.05) is 5.32 Å². The van der Waals surface area contributed by atoms with E-state index in [2.05, 4.69) is 16.7 Å². The molecule has 9 heteroatoms. The molecule has 1 amide bonds. The predicted molar refractivity (Wildman–Crippen MR) is 69.7 cm³/mol. The van der Waals surface area contributed by atoms with Crippen molar-refractivity contribution in [3.63, 3.8) is 0 Å². The summed E-state index contributed by atoms with van der Waals surface area (Å²) in [5.41, 5.74) is 6.60. The van der Waals surface area contributed by atoms with E-state index in [9.17, 15) is 18.0 Å². The molecule has 3 N–H and O–H groups in total. The summed E-state index contributed by atoms with van der Waals surface area (Å²) in [5, 5.41) is 5.70. The summed E-state index contributed by atoms with van der Waals surface area (Å²) in [6.07, 6.45) is -0.202. The predicted octanol–water partition coefficient (Wildman–Crippen LogP) is 1.33. The average Bonchev–Trinajstić information content (AvgIpc) is 2.76. The molecule has 0 saturated heterocycles. The highest BCUT2D eigenvalue weighted by Gasteiger charge is 2.29. The summed E-state index contributed by atoms with van der Waals surface area (Å²) in [6, 6.07) is 0. The van der Waals surface area contributed by atoms with Gasteiger partial charge in [-0.1, -0.05) is 6.08 Å². The zero-order valence-electron chi connectivity index (χ0n) is 10.8. The van der Waals surface area contributed by atoms with Crippen LogP contribution in [0.25, 0.3) is 5.52 Å². The highest BCUT2D eigenvalue weighted by Crippen LogP contribution is 2.23. The number of nitrogens with two attached hydrogens (primary N) is 1. The summed E-state index contributed by atoms with van der Waals surface area (Å²) < 4.78 is 37.8. The molecule has 0 radical (unpaired) electrons. The summed E-state index contributed by atoms with van der Waals surface area (Å²) in [4.78, 5) is 15.7. The van der Waals surface area contributed by atoms with Gasteiger partial charge in [0.25, 0.3) is 5.91 Å². The molecule has 0 fully saturated rings. The van der Waals surface area contributed by atoms with Crippen LogP contribution in [0.1, 0.15) is 15.9 Å². The number of allylic oxidation sites excluding steroid dienone is 1. The third-order valence-electron chi connectivity index (χ3n) is 2.75. The number of carbonyl (C=O) groups is 1. The Morgan fingerprint density at radius 3 is 2.86 bits per heavy atom. The normalized spacial score (nSPS) is 11.6. The van der Waals surface area contributed by atoms with Crippen LogP contribution in [0.2, 0.25) is 0 Å². The number of alkyl halides is 3. The number of hydrogen-bond donors (Lipinski definition) is 2. The molecule has 2 heterocycles. The third kappa shape index (κ3) is 3.12. The van der Waals surface area contributed by atoms with Gasteiger partial charge < -0.3 is 11.1 Å². The molecule has 2 aromatic rings. The van der Waals surface area contributed by atoms with Crippen LogP contribution in [0.5, 0.6) is 0 Å². The second-order valence-corrected chi connectivity index (χ2v) is 4.25. The SMILES string of the molecule is C=CCc1c(C(=O)NCC(F)(F)F)cn2ncnc(N)c12. The van der Waals surface area contributed by atoms with Gasteiger partial charge in [0.2, 0.25) is 0 Å². The van der Waals surface area contributed by atoms with E-state index >= 15 is 0 Å². The number of carbonyl (C=O) groups excluding carboxylic acids is 1. The maximum atomic E-state index is 12.2. The van der Waals surface area contributed by atoms with Crippen LogP contribution in [-0.2, 0) is 6.42 Å². The largest absolute Gasteiger partial charge is 0.405 e. The van der Waals surface area contributed by atoms with Crippen LogP contribution < -0.4 is 11.1 Å². The zero-order valence-corrected chi connectivity index (χ0v) is 10.8. The molecular formula is C12H12F3N5O. The van der Waals surface area contributed by atoms with Gasteiger partial charge in [0, 0.05) is 6.20 Å². The second-order valence-electron chi connectivity index (χ2n) is 4.25. The van der Waals surface area contributed by atoms with E-state index in [0.29, 0.717) is 11.1 Å². The maximum Gasteiger partial charge on any atom is 0.405 e. The van der Waals surface area contributed by atoms with E-state index in [0.717, 1.165) is 0 Å². The fraction of sp³-hybridized carbons (Fsp3) is 0.250. The first-order valence-corrected chi connectivity index (χ1v) is 5.90. The number of amides is 1. The number of hydrogen-bond acceptors (Lipinski definition) is 4. The number of nitrogen functional groups attached to an aromatic ring is 1. The molecule has 0 unspecified atom stereocenters. The van der Waals surface area contributed by atoms with Crippen LogP contribution in [0.3, 0.4) is 0 Å². The maximum absolute atomic E-state index is 12.2. The van der Waals surface area contributed by atoms with E-state index in [1.165, 1.54) is 23.1 Å². The van der Waals surface area contributed by atoms with E-state index in [1.54, 1.807) is 0 Å². The highest BCUT2D eigenvalue weighted by atomic mass is 19.4. The molecule has 112 valence electrons. The van der Waals surface area contributed by atoms with Crippen molar-refractivity contribution in [2.75, 3.05) is 12.3 Å². The van der Waals surface area contributed by atoms with Crippen molar-refractivity contribution in [3.05, 3.63) is 36.3 Å². The first kappa shape index (κ1) is 14.8. The van der Waals surface area contributed by atoms with Crippen molar-refractivity contribution in [1.82, 2.24) is 19.9 Å². The minimum absolute atomic E-state index is 0.0614. The van der Waals surface area contributed by atoms with Crippen LogP contribution in [0.4, 0.5) is 19.0 Å². The quantitative estimate of drug-likeness (QED) is 0.834. The van der Waals surface area contributed by atoms with Gasteiger partial charge in [0.05, 0.1) is 5.56 Å². The fourth-order valence-electron chi connectivity index (χ4n) is 1.92. The summed E-state index contributed by atoms with van der Waals surface area (Å²) in [7, 11) is 0. The molecule has 2 rings (SSSR count). The lowest BCUT2D eigenvalue weighted by Gasteiger charge is -2.08. The van der Waals surface area contributed by atoms with Crippen LogP contribution >= 0.6 is 0 Å². The number of fused-ring (bicyclic) bond motifs is 1. The minimum atomic E-state index is -4.48. The van der Waals surface area contributed by atoms with E-state index in [-0.39, 0.29) is 17.8 Å². The molecule has 2 aromatic heterocycles. The fourth-order valence-corrected chi connectivity index (χ4v) is 1.92. The molecule has 6 nitrogen and oxygen atoms in total. The number of rotatable bonds is 4. The molecular weight excluding hydrogens is 287 g/mol. The zero-order chi connectivity index (χ0) is 15.6. The summed E-state index contributed by atoms with van der Waals surface area (Å²) in [6.45, 7) is 2.15. The highest BCUT2D eigenvalue weighted by molar-refractivity contribution is 5.99. The van der Waals surface area contributed by atoms with E-state index < -0.39 is 18.6 Å². The summed E-state index contributed by atoms with van der Waals surface area (Å²) >= 11 is 0. The van der Waals surface area contributed by atoms with Gasteiger partial charge in [-0.2, -0.15) is 18.3 Å². The Balaban J connectivity index is 2.43. The van der Waals surface area contributed by atoms with Crippen molar-refractivity contribution in [1.29, 1.82) is 0 Å². The number of nitrogens with one attached hydrogen (secondary N) is 1. The lowest BCUT2D eigenvalue weighted by atomic mass is 10.1. The van der Waals surface area contributed by atoms with Crippen LogP contribution in [-0.4, -0.2) is 33.2 Å². The molecule has 0 atom stereocenters. The monoisotopic (exact) mass is 299 g/mol. The number of nitrogens with zero attached hydrogens (tertiary/aromatic N) is 3. The van der Waals surface area contributed by atoms with Gasteiger partial charge in [-0.15, -0.1) is 6.58 Å². The van der Waals surface area contributed by atoms with Gasteiger partial charge >= 0.3 is 6.18 Å². The lowest BCUT2D eigenvalue weighted by molar-refractivity contribution is -0.123.